The minimum absolute atomic E-state index is 0.165. The third kappa shape index (κ3) is 4.45. The minimum Gasteiger partial charge on any atom is -0.453 e. The fourth-order valence-corrected chi connectivity index (χ4v) is 4.61. The number of hydrogen-bond donors (Lipinski definition) is 1. The summed E-state index contributed by atoms with van der Waals surface area (Å²) in [5.74, 6) is 0.679. The normalized spacial score (nSPS) is 20.0. The highest BCUT2D eigenvalue weighted by molar-refractivity contribution is 5.80. The van der Waals surface area contributed by atoms with E-state index in [-0.39, 0.29) is 11.8 Å². The quantitative estimate of drug-likeness (QED) is 0.854. The Morgan fingerprint density at radius 3 is 2.41 bits per heavy atom. The highest BCUT2D eigenvalue weighted by atomic mass is 16.5. The summed E-state index contributed by atoms with van der Waals surface area (Å²) >= 11 is 0. The third-order valence-electron chi connectivity index (χ3n) is 6.56. The first-order valence-corrected chi connectivity index (χ1v) is 10.1. The van der Waals surface area contributed by atoms with Crippen molar-refractivity contribution in [2.24, 2.45) is 11.3 Å². The Morgan fingerprint density at radius 1 is 1.22 bits per heavy atom. The number of rotatable bonds is 5. The van der Waals surface area contributed by atoms with Crippen LogP contribution in [0.25, 0.3) is 0 Å². The van der Waals surface area contributed by atoms with Gasteiger partial charge in [0, 0.05) is 19.6 Å². The summed E-state index contributed by atoms with van der Waals surface area (Å²) < 4.78 is 4.60. The van der Waals surface area contributed by atoms with E-state index in [2.05, 4.69) is 41.2 Å². The monoisotopic (exact) mass is 372 g/mol. The maximum Gasteiger partial charge on any atom is 0.406 e. The van der Waals surface area contributed by atoms with Crippen LogP contribution in [0.2, 0.25) is 0 Å². The second-order valence-electron chi connectivity index (χ2n) is 8.32. The first-order chi connectivity index (χ1) is 13.0. The van der Waals surface area contributed by atoms with Crippen LogP contribution in [0.3, 0.4) is 0 Å². The minimum atomic E-state index is -0.476. The van der Waals surface area contributed by atoms with Gasteiger partial charge in [0.25, 0.3) is 0 Å². The van der Waals surface area contributed by atoms with E-state index in [0.717, 1.165) is 32.4 Å². The van der Waals surface area contributed by atoms with Crippen LogP contribution in [0, 0.1) is 18.3 Å². The number of ether oxygens (including phenoxy) is 1. The van der Waals surface area contributed by atoms with Gasteiger partial charge in [0.1, 0.15) is 0 Å². The molecule has 1 saturated carbocycles. The van der Waals surface area contributed by atoms with E-state index in [1.54, 1.807) is 0 Å². The number of nitrogens with one attached hydrogen (secondary N) is 1. The van der Waals surface area contributed by atoms with Gasteiger partial charge in [0.05, 0.1) is 13.0 Å². The van der Waals surface area contributed by atoms with Crippen LogP contribution in [0.1, 0.15) is 56.1 Å². The number of methoxy groups -OCH3 is 1. The average molecular weight is 373 g/mol. The van der Waals surface area contributed by atoms with Crippen molar-refractivity contribution in [3.8, 4) is 0 Å². The molecule has 1 aliphatic carbocycles. The summed E-state index contributed by atoms with van der Waals surface area (Å²) in [4.78, 5) is 26.1. The molecule has 1 aliphatic heterocycles. The summed E-state index contributed by atoms with van der Waals surface area (Å²) in [6.07, 6.45) is 4.94. The Labute approximate surface area is 162 Å². The van der Waals surface area contributed by atoms with Crippen LogP contribution in [0.15, 0.2) is 24.3 Å². The van der Waals surface area contributed by atoms with Crippen LogP contribution in [-0.2, 0) is 9.53 Å². The van der Waals surface area contributed by atoms with Crippen LogP contribution in [0.5, 0.6) is 0 Å². The molecule has 0 unspecified atom stereocenters. The number of alkyl carbamates (subject to hydrolysis) is 1. The van der Waals surface area contributed by atoms with E-state index in [4.69, 9.17) is 0 Å². The largest absolute Gasteiger partial charge is 0.453 e. The van der Waals surface area contributed by atoms with Crippen LogP contribution < -0.4 is 5.32 Å². The van der Waals surface area contributed by atoms with Gasteiger partial charge in [-0.05, 0) is 55.9 Å². The van der Waals surface area contributed by atoms with Gasteiger partial charge in [0.2, 0.25) is 5.91 Å². The number of carbonyl (C=O) groups excluding carboxylic acids is 2. The van der Waals surface area contributed by atoms with Crippen molar-refractivity contribution in [1.29, 1.82) is 0 Å². The lowest BCUT2D eigenvalue weighted by Crippen LogP contribution is -2.50. The molecule has 1 saturated heterocycles. The summed E-state index contributed by atoms with van der Waals surface area (Å²) in [6.45, 7) is 6.15. The molecule has 0 bridgehead atoms. The molecule has 1 aromatic carbocycles. The maximum atomic E-state index is 12.8. The molecule has 1 N–H and O–H groups in total. The van der Waals surface area contributed by atoms with Crippen molar-refractivity contribution in [1.82, 2.24) is 10.2 Å². The Morgan fingerprint density at radius 2 is 1.85 bits per heavy atom. The number of piperidine rings is 1. The fourth-order valence-electron chi connectivity index (χ4n) is 4.61. The first-order valence-electron chi connectivity index (χ1n) is 10.1. The first kappa shape index (κ1) is 19.7. The number of carbonyl (C=O) groups is 2. The number of nitrogens with zero attached hydrogens (tertiary/aromatic N) is 1. The van der Waals surface area contributed by atoms with Crippen LogP contribution >= 0.6 is 0 Å². The van der Waals surface area contributed by atoms with Crippen LogP contribution in [-0.4, -0.2) is 43.6 Å². The SMILES string of the molecule is CC[C@H](CNC(=O)OC)C(=O)N1CCC2(CC1)CC(c1ccc(C)cc1)C2. The Bertz CT molecular complexity index is 655. The Kier molecular flexibility index (Phi) is 6.08. The molecule has 0 radical (unpaired) electrons. The standard InChI is InChI=1S/C22H32N2O3/c1-4-17(15-23-21(26)27-3)20(25)24-11-9-22(10-12-24)13-19(14-22)18-7-5-16(2)6-8-18/h5-8,17,19H,4,9-15H2,1-3H3,(H,23,26)/t17-/m1/s1. The van der Waals surface area contributed by atoms with E-state index in [1.807, 2.05) is 11.8 Å². The van der Waals surface area contributed by atoms with E-state index in [9.17, 15) is 9.59 Å². The number of hydrogen-bond acceptors (Lipinski definition) is 3. The number of likely N-dealkylation sites (tertiary alicyclic amines) is 1. The molecule has 27 heavy (non-hydrogen) atoms. The van der Waals surface area contributed by atoms with Crippen molar-refractivity contribution >= 4 is 12.0 Å². The molecule has 2 aliphatic rings. The lowest BCUT2D eigenvalue weighted by molar-refractivity contribution is -0.139. The topological polar surface area (TPSA) is 58.6 Å². The molecule has 3 rings (SSSR count). The van der Waals surface area contributed by atoms with E-state index in [1.165, 1.54) is 31.1 Å². The van der Waals surface area contributed by atoms with Crippen molar-refractivity contribution in [3.63, 3.8) is 0 Å². The van der Waals surface area contributed by atoms with Crippen molar-refractivity contribution in [2.75, 3.05) is 26.7 Å². The second-order valence-corrected chi connectivity index (χ2v) is 8.32. The zero-order valence-corrected chi connectivity index (χ0v) is 16.8. The summed E-state index contributed by atoms with van der Waals surface area (Å²) in [7, 11) is 1.34. The lowest BCUT2D eigenvalue weighted by atomic mass is 9.56. The Hall–Kier alpha value is -2.04. The smallest absolute Gasteiger partial charge is 0.406 e. The zero-order valence-electron chi connectivity index (χ0n) is 16.8. The molecule has 5 nitrogen and oxygen atoms in total. The van der Waals surface area contributed by atoms with Crippen molar-refractivity contribution in [3.05, 3.63) is 35.4 Å². The zero-order chi connectivity index (χ0) is 19.4. The van der Waals surface area contributed by atoms with E-state index >= 15 is 0 Å². The van der Waals surface area contributed by atoms with Crippen molar-refractivity contribution in [2.45, 2.75) is 51.9 Å². The second kappa shape index (κ2) is 8.32. The van der Waals surface area contributed by atoms with Gasteiger partial charge in [-0.3, -0.25) is 4.79 Å². The Balaban J connectivity index is 1.48. The average Bonchev–Trinajstić information content (AvgIpc) is 2.67. The summed E-state index contributed by atoms with van der Waals surface area (Å²) in [5, 5.41) is 2.66. The van der Waals surface area contributed by atoms with Gasteiger partial charge in [-0.1, -0.05) is 36.8 Å². The van der Waals surface area contributed by atoms with Crippen LogP contribution in [0.4, 0.5) is 4.79 Å². The lowest BCUT2D eigenvalue weighted by Gasteiger charge is -2.52. The predicted octanol–water partition coefficient (Wildman–Crippen LogP) is 3.86. The summed E-state index contributed by atoms with van der Waals surface area (Å²) in [5.41, 5.74) is 3.20. The number of benzene rings is 1. The molecule has 0 aromatic heterocycles. The molecular weight excluding hydrogens is 340 g/mol. The van der Waals surface area contributed by atoms with Crippen molar-refractivity contribution < 1.29 is 14.3 Å². The molecule has 2 amide bonds. The van der Waals surface area contributed by atoms with Gasteiger partial charge in [-0.15, -0.1) is 0 Å². The molecule has 148 valence electrons. The molecule has 5 heteroatoms. The summed E-state index contributed by atoms with van der Waals surface area (Å²) in [6, 6.07) is 8.95. The fraction of sp³-hybridized carbons (Fsp3) is 0.636. The molecule has 1 heterocycles. The molecule has 1 spiro atoms. The molecule has 2 fully saturated rings. The van der Waals surface area contributed by atoms with E-state index < -0.39 is 6.09 Å². The third-order valence-corrected chi connectivity index (χ3v) is 6.56. The van der Waals surface area contributed by atoms with E-state index in [0.29, 0.717) is 17.9 Å². The highest BCUT2D eigenvalue weighted by Gasteiger charge is 2.46. The van der Waals surface area contributed by atoms with Gasteiger partial charge in [-0.25, -0.2) is 4.79 Å². The van der Waals surface area contributed by atoms with Gasteiger partial charge in [-0.2, -0.15) is 0 Å². The van der Waals surface area contributed by atoms with Gasteiger partial charge >= 0.3 is 6.09 Å². The molecular formula is C22H32N2O3. The van der Waals surface area contributed by atoms with Gasteiger partial charge in [0.15, 0.2) is 0 Å². The highest BCUT2D eigenvalue weighted by Crippen LogP contribution is 2.56. The predicted molar refractivity (Wildman–Crippen MR) is 106 cm³/mol. The molecule has 1 aromatic rings. The molecule has 1 atom stereocenters. The number of amides is 2. The maximum absolute atomic E-state index is 12.8. The van der Waals surface area contributed by atoms with Gasteiger partial charge < -0.3 is 15.0 Å². The number of aryl methyl sites for hydroxylation is 1.